The Kier molecular flexibility index (Phi) is 6.48. The lowest BCUT2D eigenvalue weighted by Gasteiger charge is -2.21. The average molecular weight is 347 g/mol. The van der Waals surface area contributed by atoms with Crippen LogP contribution >= 0.6 is 11.3 Å². The molecular formula is C18H25N3O2S. The maximum Gasteiger partial charge on any atom is 0.226 e. The first-order chi connectivity index (χ1) is 11.4. The second-order valence-corrected chi connectivity index (χ2v) is 7.64. The van der Waals surface area contributed by atoms with Crippen molar-refractivity contribution in [1.82, 2.24) is 10.3 Å². The van der Waals surface area contributed by atoms with Crippen molar-refractivity contribution in [1.29, 1.82) is 0 Å². The third-order valence-corrected chi connectivity index (χ3v) is 4.74. The Morgan fingerprint density at radius 1 is 1.38 bits per heavy atom. The highest BCUT2D eigenvalue weighted by atomic mass is 32.1. The lowest BCUT2D eigenvalue weighted by atomic mass is 9.95. The van der Waals surface area contributed by atoms with E-state index in [1.165, 1.54) is 16.9 Å². The number of benzene rings is 1. The van der Waals surface area contributed by atoms with E-state index in [0.29, 0.717) is 6.54 Å². The number of thiazole rings is 1. The average Bonchev–Trinajstić information content (AvgIpc) is 3.03. The van der Waals surface area contributed by atoms with Gasteiger partial charge in [-0.05, 0) is 12.0 Å². The molecule has 1 aromatic heterocycles. The Morgan fingerprint density at radius 2 is 2.08 bits per heavy atom. The summed E-state index contributed by atoms with van der Waals surface area (Å²) in [5.74, 6) is -0.0926. The van der Waals surface area contributed by atoms with E-state index < -0.39 is 0 Å². The molecule has 2 rings (SSSR count). The number of aliphatic hydroxyl groups is 1. The molecule has 0 aliphatic rings. The van der Waals surface area contributed by atoms with Crippen molar-refractivity contribution in [2.45, 2.75) is 32.7 Å². The number of nitrogens with two attached hydrogens (primary N) is 1. The van der Waals surface area contributed by atoms with Crippen LogP contribution < -0.4 is 11.1 Å². The first kappa shape index (κ1) is 18.6. The van der Waals surface area contributed by atoms with Crippen LogP contribution in [0.15, 0.2) is 35.7 Å². The van der Waals surface area contributed by atoms with E-state index in [4.69, 9.17) is 5.73 Å². The SMILES string of the molecule is CC(C)(CO)CNC(=O)Cc1csc(C(N)Cc2ccccc2)n1. The molecule has 4 N–H and O–H groups in total. The zero-order valence-corrected chi connectivity index (χ0v) is 15.0. The fourth-order valence-electron chi connectivity index (χ4n) is 2.15. The van der Waals surface area contributed by atoms with E-state index in [0.717, 1.165) is 17.1 Å². The minimum absolute atomic E-state index is 0.0302. The number of amides is 1. The van der Waals surface area contributed by atoms with Crippen LogP contribution in [0.1, 0.15) is 36.2 Å². The summed E-state index contributed by atoms with van der Waals surface area (Å²) in [5, 5.41) is 14.8. The second-order valence-electron chi connectivity index (χ2n) is 6.75. The van der Waals surface area contributed by atoms with Gasteiger partial charge in [-0.3, -0.25) is 4.79 Å². The van der Waals surface area contributed by atoms with Crippen LogP contribution in [0.3, 0.4) is 0 Å². The van der Waals surface area contributed by atoms with E-state index in [1.807, 2.05) is 49.6 Å². The second kappa shape index (κ2) is 8.37. The van der Waals surface area contributed by atoms with Crippen molar-refractivity contribution in [3.8, 4) is 0 Å². The highest BCUT2D eigenvalue weighted by Gasteiger charge is 2.18. The summed E-state index contributed by atoms with van der Waals surface area (Å²) in [6, 6.07) is 9.89. The first-order valence-corrected chi connectivity index (χ1v) is 8.89. The molecule has 0 saturated heterocycles. The van der Waals surface area contributed by atoms with Gasteiger partial charge in [0, 0.05) is 23.9 Å². The number of rotatable bonds is 8. The molecule has 130 valence electrons. The minimum atomic E-state index is -0.319. The molecule has 0 saturated carbocycles. The van der Waals surface area contributed by atoms with Crippen molar-refractivity contribution in [2.75, 3.05) is 13.2 Å². The Labute approximate surface area is 146 Å². The quantitative estimate of drug-likeness (QED) is 0.682. The van der Waals surface area contributed by atoms with Gasteiger partial charge >= 0.3 is 0 Å². The number of carbonyl (C=O) groups is 1. The van der Waals surface area contributed by atoms with Crippen LogP contribution in [0.4, 0.5) is 0 Å². The van der Waals surface area contributed by atoms with Gasteiger partial charge in [-0.15, -0.1) is 11.3 Å². The minimum Gasteiger partial charge on any atom is -0.396 e. The van der Waals surface area contributed by atoms with Gasteiger partial charge < -0.3 is 16.2 Å². The molecule has 1 amide bonds. The van der Waals surface area contributed by atoms with Gasteiger partial charge in [0.15, 0.2) is 0 Å². The number of carbonyl (C=O) groups excluding carboxylic acids is 1. The molecule has 0 fully saturated rings. The van der Waals surface area contributed by atoms with Gasteiger partial charge in [0.2, 0.25) is 5.91 Å². The summed E-state index contributed by atoms with van der Waals surface area (Å²) in [6.07, 6.45) is 0.959. The predicted octanol–water partition coefficient (Wildman–Crippen LogP) is 2.06. The fourth-order valence-corrected chi connectivity index (χ4v) is 2.97. The van der Waals surface area contributed by atoms with Crippen molar-refractivity contribution in [3.05, 3.63) is 52.0 Å². The molecule has 5 nitrogen and oxygen atoms in total. The fraction of sp³-hybridized carbons (Fsp3) is 0.444. The van der Waals surface area contributed by atoms with Crippen LogP contribution in [0.5, 0.6) is 0 Å². The third-order valence-electron chi connectivity index (χ3n) is 3.72. The van der Waals surface area contributed by atoms with Crippen molar-refractivity contribution in [2.24, 2.45) is 11.1 Å². The lowest BCUT2D eigenvalue weighted by molar-refractivity contribution is -0.121. The van der Waals surface area contributed by atoms with Crippen LogP contribution in [-0.4, -0.2) is 29.1 Å². The Bertz CT molecular complexity index is 655. The molecular weight excluding hydrogens is 322 g/mol. The number of hydrogen-bond acceptors (Lipinski definition) is 5. The zero-order valence-electron chi connectivity index (χ0n) is 14.2. The molecule has 0 aliphatic heterocycles. The van der Waals surface area contributed by atoms with E-state index in [9.17, 15) is 9.90 Å². The largest absolute Gasteiger partial charge is 0.396 e. The number of nitrogens with one attached hydrogen (secondary N) is 1. The molecule has 0 radical (unpaired) electrons. The highest BCUT2D eigenvalue weighted by molar-refractivity contribution is 7.09. The van der Waals surface area contributed by atoms with Gasteiger partial charge in [-0.2, -0.15) is 0 Å². The standard InChI is InChI=1S/C18H25N3O2S/c1-18(2,12-22)11-20-16(23)9-14-10-24-17(21-14)15(19)8-13-6-4-3-5-7-13/h3-7,10,15,22H,8-9,11-12,19H2,1-2H3,(H,20,23). The summed E-state index contributed by atoms with van der Waals surface area (Å²) in [5.41, 5.74) is 7.81. The Morgan fingerprint density at radius 3 is 2.75 bits per heavy atom. The van der Waals surface area contributed by atoms with E-state index in [2.05, 4.69) is 10.3 Å². The molecule has 1 atom stereocenters. The van der Waals surface area contributed by atoms with Gasteiger partial charge in [0.05, 0.1) is 18.2 Å². The monoisotopic (exact) mass is 347 g/mol. The molecule has 2 aromatic rings. The Hall–Kier alpha value is -1.76. The molecule has 1 aromatic carbocycles. The van der Waals surface area contributed by atoms with Crippen molar-refractivity contribution in [3.63, 3.8) is 0 Å². The molecule has 0 bridgehead atoms. The van der Waals surface area contributed by atoms with E-state index in [1.54, 1.807) is 0 Å². The molecule has 6 heteroatoms. The van der Waals surface area contributed by atoms with E-state index >= 15 is 0 Å². The Balaban J connectivity index is 1.87. The number of nitrogens with zero attached hydrogens (tertiary/aromatic N) is 1. The highest BCUT2D eigenvalue weighted by Crippen LogP contribution is 2.20. The van der Waals surface area contributed by atoms with Crippen molar-refractivity contribution >= 4 is 17.2 Å². The number of hydrogen-bond donors (Lipinski definition) is 3. The molecule has 1 heterocycles. The summed E-state index contributed by atoms with van der Waals surface area (Å²) in [6.45, 7) is 4.27. The van der Waals surface area contributed by atoms with Crippen molar-refractivity contribution < 1.29 is 9.90 Å². The van der Waals surface area contributed by atoms with Gasteiger partial charge in [0.1, 0.15) is 5.01 Å². The maximum atomic E-state index is 12.0. The van der Waals surface area contributed by atoms with Crippen LogP contribution in [0, 0.1) is 5.41 Å². The molecule has 0 aliphatic carbocycles. The summed E-state index contributed by atoms with van der Waals surface area (Å²) >= 11 is 1.49. The maximum absolute atomic E-state index is 12.0. The summed E-state index contributed by atoms with van der Waals surface area (Å²) < 4.78 is 0. The smallest absolute Gasteiger partial charge is 0.226 e. The zero-order chi connectivity index (χ0) is 17.6. The van der Waals surface area contributed by atoms with E-state index in [-0.39, 0.29) is 30.4 Å². The van der Waals surface area contributed by atoms with Gasteiger partial charge in [0.25, 0.3) is 0 Å². The number of aliphatic hydroxyl groups excluding tert-OH is 1. The first-order valence-electron chi connectivity index (χ1n) is 8.01. The third kappa shape index (κ3) is 5.70. The number of aromatic nitrogens is 1. The van der Waals surface area contributed by atoms with Crippen LogP contribution in [-0.2, 0) is 17.6 Å². The normalized spacial score (nSPS) is 12.8. The van der Waals surface area contributed by atoms with Gasteiger partial charge in [-0.1, -0.05) is 44.2 Å². The predicted molar refractivity (Wildman–Crippen MR) is 96.8 cm³/mol. The summed E-state index contributed by atoms with van der Waals surface area (Å²) in [7, 11) is 0. The summed E-state index contributed by atoms with van der Waals surface area (Å²) in [4.78, 5) is 16.5. The molecule has 0 spiro atoms. The van der Waals surface area contributed by atoms with Crippen LogP contribution in [0.25, 0.3) is 0 Å². The van der Waals surface area contributed by atoms with Gasteiger partial charge in [-0.25, -0.2) is 4.98 Å². The molecule has 24 heavy (non-hydrogen) atoms. The van der Waals surface area contributed by atoms with Crippen LogP contribution in [0.2, 0.25) is 0 Å². The topological polar surface area (TPSA) is 88.2 Å². The molecule has 1 unspecified atom stereocenters. The lowest BCUT2D eigenvalue weighted by Crippen LogP contribution is -2.36.